The Bertz CT molecular complexity index is 656. The molecule has 1 amide bonds. The van der Waals surface area contributed by atoms with Crippen LogP contribution in [0.3, 0.4) is 0 Å². The molecule has 8 heteroatoms. The number of rotatable bonds is 3. The Balaban J connectivity index is 2.44. The first-order chi connectivity index (χ1) is 9.69. The summed E-state index contributed by atoms with van der Waals surface area (Å²) in [6.45, 7) is 0.455. The number of hydrogen-bond donors (Lipinski definition) is 1. The van der Waals surface area contributed by atoms with Crippen LogP contribution >= 0.6 is 0 Å². The summed E-state index contributed by atoms with van der Waals surface area (Å²) in [7, 11) is 1.04. The number of carbonyl (C=O) groups is 3. The first-order valence-electron chi connectivity index (χ1n) is 5.85. The minimum absolute atomic E-state index is 0.201. The van der Waals surface area contributed by atoms with E-state index in [2.05, 4.69) is 4.74 Å². The van der Waals surface area contributed by atoms with E-state index in [-0.39, 0.29) is 11.3 Å². The summed E-state index contributed by atoms with van der Waals surface area (Å²) < 4.78 is 30.8. The summed E-state index contributed by atoms with van der Waals surface area (Å²) in [5.74, 6) is -5.67. The molecule has 1 heterocycles. The molecule has 0 radical (unpaired) electrons. The van der Waals surface area contributed by atoms with Crippen LogP contribution in [0.5, 0.6) is 0 Å². The van der Waals surface area contributed by atoms with Gasteiger partial charge in [0.15, 0.2) is 17.2 Å². The minimum Gasteiger partial charge on any atom is -0.467 e. The molecule has 1 aliphatic rings. The zero-order valence-corrected chi connectivity index (χ0v) is 11.1. The number of anilines is 1. The Morgan fingerprint density at radius 2 is 1.90 bits per heavy atom. The molecule has 6 nitrogen and oxygen atoms in total. The van der Waals surface area contributed by atoms with Crippen molar-refractivity contribution in [2.24, 2.45) is 0 Å². The first kappa shape index (κ1) is 15.0. The number of aliphatic hydroxyl groups is 1. The third kappa shape index (κ3) is 2.38. The van der Waals surface area contributed by atoms with Crippen molar-refractivity contribution in [2.45, 2.75) is 12.5 Å². The summed E-state index contributed by atoms with van der Waals surface area (Å²) >= 11 is 0. The number of hydrogen-bond acceptors (Lipinski definition) is 5. The number of β-amino-alcohol motifs (C(OH)–C–C–N with tert-alkyl or cyclic N) is 1. The van der Waals surface area contributed by atoms with Crippen molar-refractivity contribution in [3.05, 3.63) is 29.3 Å². The van der Waals surface area contributed by atoms with Gasteiger partial charge in [0.1, 0.15) is 0 Å². The number of methoxy groups -OCH3 is 1. The van der Waals surface area contributed by atoms with E-state index in [4.69, 9.17) is 0 Å². The Morgan fingerprint density at radius 1 is 1.33 bits per heavy atom. The van der Waals surface area contributed by atoms with E-state index in [9.17, 15) is 28.3 Å². The van der Waals surface area contributed by atoms with Gasteiger partial charge in [-0.05, 0) is 13.0 Å². The van der Waals surface area contributed by atoms with E-state index >= 15 is 0 Å². The van der Waals surface area contributed by atoms with Gasteiger partial charge in [0.05, 0.1) is 24.9 Å². The maximum absolute atomic E-state index is 13.3. The number of esters is 1. The smallest absolute Gasteiger partial charge is 0.339 e. The Labute approximate surface area is 117 Å². The van der Waals surface area contributed by atoms with Gasteiger partial charge in [-0.1, -0.05) is 0 Å². The molecule has 1 unspecified atom stereocenters. The van der Waals surface area contributed by atoms with Crippen molar-refractivity contribution in [1.82, 2.24) is 0 Å². The molecule has 112 valence electrons. The second-order valence-electron chi connectivity index (χ2n) is 4.77. The van der Waals surface area contributed by atoms with E-state index in [1.54, 1.807) is 0 Å². The van der Waals surface area contributed by atoms with Gasteiger partial charge in [-0.25, -0.2) is 13.6 Å². The lowest BCUT2D eigenvalue weighted by atomic mass is 10.1. The SMILES string of the molecule is COC(=O)C(C)(O)CN1C(=O)C(=O)c2cc(F)c(F)cc21. The molecular weight excluding hydrogens is 288 g/mol. The monoisotopic (exact) mass is 299 g/mol. The van der Waals surface area contributed by atoms with Gasteiger partial charge in [-0.15, -0.1) is 0 Å². The first-order valence-corrected chi connectivity index (χ1v) is 5.85. The van der Waals surface area contributed by atoms with Crippen LogP contribution in [0.1, 0.15) is 17.3 Å². The predicted molar refractivity (Wildman–Crippen MR) is 65.7 cm³/mol. The van der Waals surface area contributed by atoms with Gasteiger partial charge in [0.2, 0.25) is 0 Å². The number of Topliss-reactive ketones (excluding diaryl/α,β-unsaturated/α-hetero) is 1. The highest BCUT2D eigenvalue weighted by atomic mass is 19.2. The Kier molecular flexibility index (Phi) is 3.50. The van der Waals surface area contributed by atoms with E-state index in [0.717, 1.165) is 18.9 Å². The fourth-order valence-corrected chi connectivity index (χ4v) is 2.04. The predicted octanol–water partition coefficient (Wildman–Crippen LogP) is 0.418. The summed E-state index contributed by atoms with van der Waals surface area (Å²) in [4.78, 5) is 35.7. The third-order valence-corrected chi connectivity index (χ3v) is 3.10. The van der Waals surface area contributed by atoms with Crippen molar-refractivity contribution in [3.8, 4) is 0 Å². The molecule has 0 fully saturated rings. The number of carbonyl (C=O) groups excluding carboxylic acids is 3. The fraction of sp³-hybridized carbons (Fsp3) is 0.308. The molecule has 0 saturated carbocycles. The fourth-order valence-electron chi connectivity index (χ4n) is 2.04. The molecule has 1 aliphatic heterocycles. The van der Waals surface area contributed by atoms with Crippen LogP contribution < -0.4 is 4.90 Å². The van der Waals surface area contributed by atoms with Crippen molar-refractivity contribution in [2.75, 3.05) is 18.6 Å². The van der Waals surface area contributed by atoms with E-state index in [1.165, 1.54) is 0 Å². The van der Waals surface area contributed by atoms with Gasteiger partial charge in [-0.2, -0.15) is 0 Å². The molecule has 1 atom stereocenters. The molecule has 0 spiro atoms. The number of ether oxygens (including phenoxy) is 1. The minimum atomic E-state index is -2.10. The third-order valence-electron chi connectivity index (χ3n) is 3.10. The Morgan fingerprint density at radius 3 is 2.48 bits per heavy atom. The highest BCUT2D eigenvalue weighted by Crippen LogP contribution is 2.32. The summed E-state index contributed by atoms with van der Waals surface area (Å²) in [6.07, 6.45) is 0. The molecule has 1 aromatic carbocycles. The van der Waals surface area contributed by atoms with Gasteiger partial charge < -0.3 is 14.7 Å². The summed E-state index contributed by atoms with van der Waals surface area (Å²) in [5.41, 5.74) is -2.62. The van der Waals surface area contributed by atoms with Crippen molar-refractivity contribution < 1.29 is 33.0 Å². The average molecular weight is 299 g/mol. The number of halogens is 2. The van der Waals surface area contributed by atoms with E-state index < -0.39 is 41.4 Å². The van der Waals surface area contributed by atoms with Crippen LogP contribution in [0.15, 0.2) is 12.1 Å². The molecule has 1 aromatic rings. The van der Waals surface area contributed by atoms with Crippen molar-refractivity contribution in [3.63, 3.8) is 0 Å². The Hall–Kier alpha value is -2.35. The number of amides is 1. The largest absolute Gasteiger partial charge is 0.467 e. The van der Waals surface area contributed by atoms with Crippen LogP contribution in [-0.2, 0) is 14.3 Å². The number of fused-ring (bicyclic) bond motifs is 1. The van der Waals surface area contributed by atoms with Crippen LogP contribution in [-0.4, -0.2) is 42.0 Å². The second kappa shape index (κ2) is 4.88. The average Bonchev–Trinajstić information content (AvgIpc) is 2.64. The molecule has 0 saturated heterocycles. The van der Waals surface area contributed by atoms with E-state index in [0.29, 0.717) is 12.1 Å². The lowest BCUT2D eigenvalue weighted by molar-refractivity contribution is -0.159. The maximum Gasteiger partial charge on any atom is 0.339 e. The standard InChI is InChI=1S/C13H11F2NO5/c1-13(20,12(19)21-2)5-16-9-4-8(15)7(14)3-6(9)10(17)11(16)18/h3-4,20H,5H2,1-2H3. The number of nitrogens with zero attached hydrogens (tertiary/aromatic N) is 1. The van der Waals surface area contributed by atoms with Gasteiger partial charge >= 0.3 is 5.97 Å². The molecule has 2 rings (SSSR count). The van der Waals surface area contributed by atoms with Crippen LogP contribution in [0.4, 0.5) is 14.5 Å². The maximum atomic E-state index is 13.3. The van der Waals surface area contributed by atoms with Crippen molar-refractivity contribution in [1.29, 1.82) is 0 Å². The normalized spacial score (nSPS) is 16.7. The lowest BCUT2D eigenvalue weighted by Crippen LogP contribution is -2.49. The zero-order valence-electron chi connectivity index (χ0n) is 11.1. The number of benzene rings is 1. The van der Waals surface area contributed by atoms with Gasteiger partial charge in [-0.3, -0.25) is 9.59 Å². The van der Waals surface area contributed by atoms with Crippen LogP contribution in [0.2, 0.25) is 0 Å². The molecule has 21 heavy (non-hydrogen) atoms. The van der Waals surface area contributed by atoms with Crippen LogP contribution in [0, 0.1) is 11.6 Å². The molecule has 1 N–H and O–H groups in total. The van der Waals surface area contributed by atoms with Gasteiger partial charge in [0, 0.05) is 6.07 Å². The molecule has 0 aliphatic carbocycles. The number of ketones is 1. The zero-order chi connectivity index (χ0) is 15.9. The molecule has 0 aromatic heterocycles. The molecule has 0 bridgehead atoms. The van der Waals surface area contributed by atoms with E-state index in [1.807, 2.05) is 0 Å². The summed E-state index contributed by atoms with van der Waals surface area (Å²) in [6, 6.07) is 1.28. The summed E-state index contributed by atoms with van der Waals surface area (Å²) in [5, 5.41) is 9.95. The van der Waals surface area contributed by atoms with Gasteiger partial charge in [0.25, 0.3) is 11.7 Å². The molecular formula is C13H11F2NO5. The van der Waals surface area contributed by atoms with Crippen LogP contribution in [0.25, 0.3) is 0 Å². The highest BCUT2D eigenvalue weighted by molar-refractivity contribution is 6.52. The quantitative estimate of drug-likeness (QED) is 0.646. The second-order valence-corrected chi connectivity index (χ2v) is 4.77. The van der Waals surface area contributed by atoms with Crippen molar-refractivity contribution >= 4 is 23.3 Å². The lowest BCUT2D eigenvalue weighted by Gasteiger charge is -2.26. The highest BCUT2D eigenvalue weighted by Gasteiger charge is 2.43. The topological polar surface area (TPSA) is 83.9 Å².